The summed E-state index contributed by atoms with van der Waals surface area (Å²) in [5.41, 5.74) is 8.49. The molecule has 0 bridgehead atoms. The van der Waals surface area contributed by atoms with Gasteiger partial charge in [-0.3, -0.25) is 9.58 Å². The second-order valence-electron chi connectivity index (χ2n) is 6.25. The van der Waals surface area contributed by atoms with Crippen LogP contribution in [0, 0.1) is 5.92 Å². The number of aromatic nitrogens is 2. The average molecular weight is 286 g/mol. The van der Waals surface area contributed by atoms with Gasteiger partial charge in [-0.2, -0.15) is 5.10 Å². The molecule has 0 amide bonds. The summed E-state index contributed by atoms with van der Waals surface area (Å²) in [4.78, 5) is 2.52. The number of nitrogens with two attached hydrogens (primary N) is 1. The second-order valence-corrected chi connectivity index (χ2v) is 6.25. The molecule has 2 heterocycles. The van der Waals surface area contributed by atoms with Gasteiger partial charge in [0.15, 0.2) is 0 Å². The van der Waals surface area contributed by atoms with Crippen molar-refractivity contribution in [2.24, 2.45) is 11.7 Å². The molecule has 2 aromatic rings. The van der Waals surface area contributed by atoms with Crippen LogP contribution in [0.5, 0.6) is 0 Å². The summed E-state index contributed by atoms with van der Waals surface area (Å²) >= 11 is 0. The first-order chi connectivity index (χ1) is 10.2. The molecular formula is C17H26N4. The van der Waals surface area contributed by atoms with Gasteiger partial charge in [0.05, 0.1) is 11.2 Å². The van der Waals surface area contributed by atoms with Gasteiger partial charge in [-0.05, 0) is 51.8 Å². The normalized spacial score (nSPS) is 19.2. The van der Waals surface area contributed by atoms with E-state index in [1.54, 1.807) is 0 Å². The van der Waals surface area contributed by atoms with Gasteiger partial charge in [0.25, 0.3) is 0 Å². The first-order valence-electron chi connectivity index (χ1n) is 8.11. The van der Waals surface area contributed by atoms with E-state index in [0.29, 0.717) is 12.0 Å². The highest BCUT2D eigenvalue weighted by Gasteiger charge is 2.23. The maximum atomic E-state index is 6.03. The van der Waals surface area contributed by atoms with Crippen LogP contribution in [-0.4, -0.2) is 33.8 Å². The van der Waals surface area contributed by atoms with E-state index in [-0.39, 0.29) is 0 Å². The quantitative estimate of drug-likeness (QED) is 0.940. The van der Waals surface area contributed by atoms with Gasteiger partial charge in [-0.15, -0.1) is 0 Å². The minimum Gasteiger partial charge on any atom is -0.328 e. The molecule has 21 heavy (non-hydrogen) atoms. The summed E-state index contributed by atoms with van der Waals surface area (Å²) in [6.45, 7) is 8.44. The Kier molecular flexibility index (Phi) is 4.27. The van der Waals surface area contributed by atoms with Gasteiger partial charge >= 0.3 is 0 Å². The van der Waals surface area contributed by atoms with Gasteiger partial charge in [-0.25, -0.2) is 0 Å². The Balaban J connectivity index is 1.74. The first kappa shape index (κ1) is 14.5. The molecule has 1 atom stereocenters. The van der Waals surface area contributed by atoms with Gasteiger partial charge in [-0.1, -0.05) is 18.2 Å². The van der Waals surface area contributed by atoms with Gasteiger partial charge in [0.2, 0.25) is 0 Å². The van der Waals surface area contributed by atoms with E-state index in [9.17, 15) is 0 Å². The fourth-order valence-corrected chi connectivity index (χ4v) is 3.40. The summed E-state index contributed by atoms with van der Waals surface area (Å²) in [5, 5.41) is 6.11. The SMILES string of the molecule is CCn1nc(CN2CCC(C(C)N)CC2)c2ccccc21. The Bertz CT molecular complexity index is 594. The highest BCUT2D eigenvalue weighted by molar-refractivity contribution is 5.81. The maximum absolute atomic E-state index is 6.03. The molecule has 4 heteroatoms. The smallest absolute Gasteiger partial charge is 0.0843 e. The number of fused-ring (bicyclic) bond motifs is 1. The minimum absolute atomic E-state index is 0.326. The van der Waals surface area contributed by atoms with Crippen molar-refractivity contribution in [3.05, 3.63) is 30.0 Å². The summed E-state index contributed by atoms with van der Waals surface area (Å²) in [6.07, 6.45) is 2.42. The van der Waals surface area contributed by atoms with E-state index in [1.807, 2.05) is 0 Å². The van der Waals surface area contributed by atoms with Crippen molar-refractivity contribution in [3.63, 3.8) is 0 Å². The molecule has 1 aliphatic rings. The topological polar surface area (TPSA) is 47.1 Å². The lowest BCUT2D eigenvalue weighted by Gasteiger charge is -2.33. The number of hydrogen-bond acceptors (Lipinski definition) is 3. The predicted molar refractivity (Wildman–Crippen MR) is 87.1 cm³/mol. The predicted octanol–water partition coefficient (Wildman–Crippen LogP) is 2.62. The minimum atomic E-state index is 0.326. The molecule has 114 valence electrons. The molecule has 4 nitrogen and oxygen atoms in total. The number of piperidine rings is 1. The van der Waals surface area contributed by atoms with E-state index in [2.05, 4.69) is 47.7 Å². The average Bonchev–Trinajstić information content (AvgIpc) is 2.86. The molecular weight excluding hydrogens is 260 g/mol. The van der Waals surface area contributed by atoms with Crippen molar-refractivity contribution >= 4 is 10.9 Å². The van der Waals surface area contributed by atoms with Crippen LogP contribution in [0.4, 0.5) is 0 Å². The Morgan fingerprint density at radius 3 is 2.67 bits per heavy atom. The molecule has 0 spiro atoms. The Hall–Kier alpha value is -1.39. The van der Waals surface area contributed by atoms with E-state index in [1.165, 1.54) is 29.4 Å². The van der Waals surface area contributed by atoms with Crippen LogP contribution in [-0.2, 0) is 13.1 Å². The van der Waals surface area contributed by atoms with Crippen molar-refractivity contribution in [2.45, 2.75) is 45.8 Å². The maximum Gasteiger partial charge on any atom is 0.0843 e. The second kappa shape index (κ2) is 6.16. The van der Waals surface area contributed by atoms with Gasteiger partial charge < -0.3 is 5.73 Å². The highest BCUT2D eigenvalue weighted by atomic mass is 15.3. The lowest BCUT2D eigenvalue weighted by Crippen LogP contribution is -2.39. The van der Waals surface area contributed by atoms with E-state index in [0.717, 1.165) is 26.2 Å². The Morgan fingerprint density at radius 1 is 1.29 bits per heavy atom. The number of likely N-dealkylation sites (tertiary alicyclic amines) is 1. The molecule has 3 rings (SSSR count). The molecule has 1 aromatic carbocycles. The third-order valence-corrected chi connectivity index (χ3v) is 4.78. The molecule has 1 fully saturated rings. The molecule has 2 N–H and O–H groups in total. The molecule has 0 radical (unpaired) electrons. The van der Waals surface area contributed by atoms with Crippen molar-refractivity contribution < 1.29 is 0 Å². The monoisotopic (exact) mass is 286 g/mol. The van der Waals surface area contributed by atoms with Gasteiger partial charge in [0, 0.05) is 24.5 Å². The molecule has 0 aliphatic carbocycles. The summed E-state index contributed by atoms with van der Waals surface area (Å²) in [7, 11) is 0. The number of para-hydroxylation sites is 1. The largest absolute Gasteiger partial charge is 0.328 e. The number of hydrogen-bond donors (Lipinski definition) is 1. The fourth-order valence-electron chi connectivity index (χ4n) is 3.40. The van der Waals surface area contributed by atoms with Crippen molar-refractivity contribution in [2.75, 3.05) is 13.1 Å². The molecule has 1 aromatic heterocycles. The van der Waals surface area contributed by atoms with Crippen LogP contribution in [0.15, 0.2) is 24.3 Å². The third-order valence-electron chi connectivity index (χ3n) is 4.78. The molecule has 0 saturated carbocycles. The van der Waals surface area contributed by atoms with Crippen molar-refractivity contribution in [1.29, 1.82) is 0 Å². The zero-order valence-corrected chi connectivity index (χ0v) is 13.1. The number of nitrogens with zero attached hydrogens (tertiary/aromatic N) is 3. The van der Waals surface area contributed by atoms with E-state index < -0.39 is 0 Å². The molecule has 1 unspecified atom stereocenters. The molecule has 1 saturated heterocycles. The first-order valence-corrected chi connectivity index (χ1v) is 8.11. The lowest BCUT2D eigenvalue weighted by molar-refractivity contribution is 0.164. The Morgan fingerprint density at radius 2 is 2.00 bits per heavy atom. The number of benzene rings is 1. The Labute approximate surface area is 126 Å². The standard InChI is InChI=1S/C17H26N4/c1-3-21-17-7-5-4-6-15(17)16(19-21)12-20-10-8-14(9-11-20)13(2)18/h4-7,13-14H,3,8-12,18H2,1-2H3. The van der Waals surface area contributed by atoms with Crippen LogP contribution in [0.25, 0.3) is 10.9 Å². The zero-order chi connectivity index (χ0) is 14.8. The van der Waals surface area contributed by atoms with E-state index in [4.69, 9.17) is 10.8 Å². The lowest BCUT2D eigenvalue weighted by atomic mass is 9.91. The van der Waals surface area contributed by atoms with Crippen LogP contribution in [0.1, 0.15) is 32.4 Å². The third kappa shape index (κ3) is 2.97. The van der Waals surface area contributed by atoms with Crippen LogP contribution in [0.2, 0.25) is 0 Å². The van der Waals surface area contributed by atoms with Crippen LogP contribution in [0.3, 0.4) is 0 Å². The van der Waals surface area contributed by atoms with Crippen LogP contribution >= 0.6 is 0 Å². The highest BCUT2D eigenvalue weighted by Crippen LogP contribution is 2.24. The zero-order valence-electron chi connectivity index (χ0n) is 13.1. The summed E-state index contributed by atoms with van der Waals surface area (Å²) in [6, 6.07) is 8.88. The number of aryl methyl sites for hydroxylation is 1. The fraction of sp³-hybridized carbons (Fsp3) is 0.588. The van der Waals surface area contributed by atoms with Gasteiger partial charge in [0.1, 0.15) is 0 Å². The summed E-state index contributed by atoms with van der Waals surface area (Å²) < 4.78 is 2.11. The van der Waals surface area contributed by atoms with Crippen LogP contribution < -0.4 is 5.73 Å². The number of rotatable bonds is 4. The van der Waals surface area contributed by atoms with E-state index >= 15 is 0 Å². The summed E-state index contributed by atoms with van der Waals surface area (Å²) in [5.74, 6) is 0.686. The van der Waals surface area contributed by atoms with Crippen molar-refractivity contribution in [3.8, 4) is 0 Å². The van der Waals surface area contributed by atoms with Crippen molar-refractivity contribution in [1.82, 2.24) is 14.7 Å². The molecule has 1 aliphatic heterocycles.